The number of furan rings is 1. The molecular weight excluding hydrogens is 478 g/mol. The lowest BCUT2D eigenvalue weighted by molar-refractivity contribution is -0.137. The Morgan fingerprint density at radius 1 is 1.03 bits per heavy atom. The maximum Gasteiger partial charge on any atom is 0.323 e. The molecule has 1 N–H and O–H groups in total. The molecule has 0 atom stereocenters. The van der Waals surface area contributed by atoms with E-state index in [0.29, 0.717) is 34.1 Å². The van der Waals surface area contributed by atoms with E-state index in [-0.39, 0.29) is 18.9 Å². The molecule has 1 amide bonds. The normalized spacial score (nSPS) is 11.0. The summed E-state index contributed by atoms with van der Waals surface area (Å²) in [5, 5.41) is 9.11. The fraction of sp³-hybridized carbons (Fsp3) is 0.280. The summed E-state index contributed by atoms with van der Waals surface area (Å²) in [6, 6.07) is 12.3. The molecule has 1 aromatic heterocycles. The number of nitrogens with zero attached hydrogens (tertiary/aromatic N) is 2. The van der Waals surface area contributed by atoms with Gasteiger partial charge in [-0.05, 0) is 67.9 Å². The maximum atomic E-state index is 13.7. The van der Waals surface area contributed by atoms with Crippen LogP contribution in [0.4, 0.5) is 8.78 Å². The summed E-state index contributed by atoms with van der Waals surface area (Å²) in [6.07, 6.45) is 1.79. The Labute approximate surface area is 206 Å². The quantitative estimate of drug-likeness (QED) is 0.382. The number of carboxylic acid groups (broad SMARTS) is 1. The van der Waals surface area contributed by atoms with Gasteiger partial charge >= 0.3 is 5.97 Å². The van der Waals surface area contributed by atoms with E-state index in [1.54, 1.807) is 36.6 Å². The van der Waals surface area contributed by atoms with Crippen molar-refractivity contribution in [2.24, 2.45) is 0 Å². The van der Waals surface area contributed by atoms with E-state index in [0.717, 1.165) is 0 Å². The predicted molar refractivity (Wildman–Crippen MR) is 129 cm³/mol. The van der Waals surface area contributed by atoms with Gasteiger partial charge < -0.3 is 24.1 Å². The van der Waals surface area contributed by atoms with Crippen LogP contribution in [0.2, 0.25) is 0 Å². The first-order valence-corrected chi connectivity index (χ1v) is 11.9. The number of rotatable bonds is 11. The molecule has 3 aromatic rings. The zero-order chi connectivity index (χ0) is 25.5. The van der Waals surface area contributed by atoms with Crippen molar-refractivity contribution in [3.05, 3.63) is 71.7 Å². The van der Waals surface area contributed by atoms with Crippen molar-refractivity contribution >= 4 is 23.6 Å². The van der Waals surface area contributed by atoms with E-state index >= 15 is 0 Å². The topological polar surface area (TPSA) is 83.2 Å². The molecule has 0 aliphatic carbocycles. The maximum absolute atomic E-state index is 13.7. The standard InChI is InChI=1S/C25H26F2N2O5S/c1-28(2)10-11-29(14-24(30)31)25(32)22-9-8-18(34-22)15-33-17-6-4-16(5-7-17)19-12-20(26)21(27)13-23(19)35-3/h4-9,12-13H,10-11,14-15H2,1-3H3,(H,30,31). The lowest BCUT2D eigenvalue weighted by Gasteiger charge is -2.21. The van der Waals surface area contributed by atoms with Gasteiger partial charge in [-0.25, -0.2) is 8.78 Å². The van der Waals surface area contributed by atoms with Gasteiger partial charge in [-0.1, -0.05) is 12.1 Å². The van der Waals surface area contributed by atoms with Crippen LogP contribution < -0.4 is 4.74 Å². The number of carboxylic acids is 1. The number of hydrogen-bond donors (Lipinski definition) is 1. The summed E-state index contributed by atoms with van der Waals surface area (Å²) in [4.78, 5) is 27.5. The Morgan fingerprint density at radius 3 is 2.34 bits per heavy atom. The van der Waals surface area contributed by atoms with E-state index in [4.69, 9.17) is 14.3 Å². The Hall–Kier alpha value is -3.37. The fourth-order valence-electron chi connectivity index (χ4n) is 3.27. The van der Waals surface area contributed by atoms with Crippen LogP contribution in [0, 0.1) is 11.6 Å². The van der Waals surface area contributed by atoms with Gasteiger partial charge in [-0.3, -0.25) is 9.59 Å². The molecule has 0 fully saturated rings. The van der Waals surface area contributed by atoms with Gasteiger partial charge in [0, 0.05) is 18.0 Å². The highest BCUT2D eigenvalue weighted by molar-refractivity contribution is 7.98. The number of ether oxygens (including phenoxy) is 1. The molecule has 0 bridgehead atoms. The van der Waals surface area contributed by atoms with Crippen LogP contribution in [0.5, 0.6) is 5.75 Å². The molecule has 0 aliphatic rings. The fourth-order valence-corrected chi connectivity index (χ4v) is 3.89. The Bertz CT molecular complexity index is 1180. The Balaban J connectivity index is 1.65. The van der Waals surface area contributed by atoms with Crippen molar-refractivity contribution in [1.29, 1.82) is 0 Å². The molecule has 0 saturated heterocycles. The minimum atomic E-state index is -1.11. The van der Waals surface area contributed by atoms with Crippen LogP contribution in [0.1, 0.15) is 16.3 Å². The highest BCUT2D eigenvalue weighted by Gasteiger charge is 2.22. The molecule has 0 unspecified atom stereocenters. The number of carbonyl (C=O) groups excluding carboxylic acids is 1. The molecule has 0 saturated carbocycles. The van der Waals surface area contributed by atoms with Crippen molar-refractivity contribution in [2.75, 3.05) is 40.0 Å². The number of likely N-dealkylation sites (N-methyl/N-ethyl adjacent to an activating group) is 1. The van der Waals surface area contributed by atoms with Crippen LogP contribution in [0.15, 0.2) is 57.8 Å². The molecule has 3 rings (SSSR count). The van der Waals surface area contributed by atoms with Gasteiger partial charge in [0.1, 0.15) is 24.7 Å². The number of benzene rings is 2. The van der Waals surface area contributed by atoms with E-state index in [1.165, 1.54) is 34.9 Å². The molecule has 0 radical (unpaired) electrons. The molecule has 186 valence electrons. The summed E-state index contributed by atoms with van der Waals surface area (Å²) in [5.41, 5.74) is 1.29. The van der Waals surface area contributed by atoms with Gasteiger partial charge in [0.15, 0.2) is 17.4 Å². The highest BCUT2D eigenvalue weighted by atomic mass is 32.2. The molecule has 10 heteroatoms. The molecular formula is C25H26F2N2O5S. The zero-order valence-corrected chi connectivity index (χ0v) is 20.4. The largest absolute Gasteiger partial charge is 0.486 e. The van der Waals surface area contributed by atoms with E-state index in [1.807, 2.05) is 19.0 Å². The first-order valence-electron chi connectivity index (χ1n) is 10.7. The Kier molecular flexibility index (Phi) is 8.89. The average Bonchev–Trinajstić information content (AvgIpc) is 3.30. The zero-order valence-electron chi connectivity index (χ0n) is 19.6. The number of aliphatic carboxylic acids is 1. The summed E-state index contributed by atoms with van der Waals surface area (Å²) < 4.78 is 38.6. The number of thioether (sulfide) groups is 1. The van der Waals surface area contributed by atoms with Crippen LogP contribution in [0.3, 0.4) is 0 Å². The second-order valence-electron chi connectivity index (χ2n) is 7.97. The van der Waals surface area contributed by atoms with Gasteiger partial charge in [-0.15, -0.1) is 11.8 Å². The van der Waals surface area contributed by atoms with E-state index in [9.17, 15) is 18.4 Å². The van der Waals surface area contributed by atoms with Crippen LogP contribution in [-0.2, 0) is 11.4 Å². The van der Waals surface area contributed by atoms with Gasteiger partial charge in [-0.2, -0.15) is 0 Å². The van der Waals surface area contributed by atoms with Crippen LogP contribution in [-0.4, -0.2) is 66.8 Å². The van der Waals surface area contributed by atoms with Crippen molar-refractivity contribution in [3.8, 4) is 16.9 Å². The van der Waals surface area contributed by atoms with E-state index < -0.39 is 30.1 Å². The number of halogens is 2. The van der Waals surface area contributed by atoms with Crippen molar-refractivity contribution < 1.29 is 32.6 Å². The second-order valence-corrected chi connectivity index (χ2v) is 8.82. The average molecular weight is 505 g/mol. The van der Waals surface area contributed by atoms with Gasteiger partial charge in [0.05, 0.1) is 0 Å². The monoisotopic (exact) mass is 504 g/mol. The van der Waals surface area contributed by atoms with Gasteiger partial charge in [0.25, 0.3) is 5.91 Å². The third-order valence-corrected chi connectivity index (χ3v) is 5.87. The molecule has 2 aromatic carbocycles. The third kappa shape index (κ3) is 7.06. The highest BCUT2D eigenvalue weighted by Crippen LogP contribution is 2.33. The first kappa shape index (κ1) is 26.2. The smallest absolute Gasteiger partial charge is 0.323 e. The number of carbonyl (C=O) groups is 2. The van der Waals surface area contributed by atoms with Crippen molar-refractivity contribution in [1.82, 2.24) is 9.80 Å². The van der Waals surface area contributed by atoms with Crippen LogP contribution in [0.25, 0.3) is 11.1 Å². The number of hydrogen-bond acceptors (Lipinski definition) is 6. The minimum absolute atomic E-state index is 0.0295. The predicted octanol–water partition coefficient (Wildman–Crippen LogP) is 4.61. The van der Waals surface area contributed by atoms with Gasteiger partial charge in [0.2, 0.25) is 0 Å². The Morgan fingerprint density at radius 2 is 1.71 bits per heavy atom. The summed E-state index contributed by atoms with van der Waals surface area (Å²) in [6.45, 7) is 0.369. The summed E-state index contributed by atoms with van der Waals surface area (Å²) in [5.74, 6) is -2.48. The molecule has 35 heavy (non-hydrogen) atoms. The molecule has 7 nitrogen and oxygen atoms in total. The molecule has 1 heterocycles. The lowest BCUT2D eigenvalue weighted by Crippen LogP contribution is -2.39. The SMILES string of the molecule is CSc1cc(F)c(F)cc1-c1ccc(OCc2ccc(C(=O)N(CCN(C)C)CC(=O)O)o2)cc1. The van der Waals surface area contributed by atoms with Crippen LogP contribution >= 0.6 is 11.8 Å². The van der Waals surface area contributed by atoms with Crippen molar-refractivity contribution in [3.63, 3.8) is 0 Å². The van der Waals surface area contributed by atoms with E-state index in [2.05, 4.69) is 0 Å². The summed E-state index contributed by atoms with van der Waals surface area (Å²) >= 11 is 1.32. The first-order chi connectivity index (χ1) is 16.7. The lowest BCUT2D eigenvalue weighted by atomic mass is 10.1. The summed E-state index contributed by atoms with van der Waals surface area (Å²) in [7, 11) is 3.66. The van der Waals surface area contributed by atoms with Crippen molar-refractivity contribution in [2.45, 2.75) is 11.5 Å². The molecule has 0 aliphatic heterocycles. The minimum Gasteiger partial charge on any atom is -0.486 e. The molecule has 0 spiro atoms. The number of amides is 1. The second kappa shape index (κ2) is 11.9. The third-order valence-electron chi connectivity index (χ3n) is 5.09.